The van der Waals surface area contributed by atoms with E-state index in [1.165, 1.54) is 38.5 Å². The average Bonchev–Trinajstić information content (AvgIpc) is 2.78. The quantitative estimate of drug-likeness (QED) is 0.143. The predicted molar refractivity (Wildman–Crippen MR) is 142 cm³/mol. The van der Waals surface area contributed by atoms with Gasteiger partial charge < -0.3 is 28.3 Å². The van der Waals surface area contributed by atoms with E-state index in [4.69, 9.17) is 17.7 Å². The first-order valence-corrected chi connectivity index (χ1v) is 16.7. The van der Waals surface area contributed by atoms with Crippen molar-refractivity contribution in [1.82, 2.24) is 10.6 Å². The highest BCUT2D eigenvalue weighted by Crippen LogP contribution is 2.16. The summed E-state index contributed by atoms with van der Waals surface area (Å²) in [6, 6.07) is 0. The molecule has 32 heavy (non-hydrogen) atoms. The van der Waals surface area contributed by atoms with Crippen LogP contribution in [0.2, 0.25) is 11.1 Å². The van der Waals surface area contributed by atoms with Gasteiger partial charge in [-0.1, -0.05) is 39.5 Å². The molecule has 0 aromatic heterocycles. The van der Waals surface area contributed by atoms with Gasteiger partial charge in [0.25, 0.3) is 0 Å². The van der Waals surface area contributed by atoms with Crippen LogP contribution in [-0.2, 0) is 17.7 Å². The van der Waals surface area contributed by atoms with Gasteiger partial charge in [0.05, 0.1) is 0 Å². The molecule has 2 N–H and O–H groups in total. The predicted octanol–water partition coefficient (Wildman–Crippen LogP) is 4.65. The maximum absolute atomic E-state index is 5.82. The molecule has 0 saturated heterocycles. The molecule has 0 bridgehead atoms. The normalized spacial score (nSPS) is 13.9. The Kier molecular flexibility index (Phi) is 24.5. The maximum Gasteiger partial charge on any atom is 0.324 e. The molecule has 0 aromatic carbocycles. The number of nitrogens with one attached hydrogen (secondary N) is 2. The van der Waals surface area contributed by atoms with E-state index in [1.807, 2.05) is 0 Å². The minimum atomic E-state index is -1.49. The van der Waals surface area contributed by atoms with Gasteiger partial charge in [-0.25, -0.2) is 0 Å². The lowest BCUT2D eigenvalue weighted by Gasteiger charge is -2.21. The molecule has 0 radical (unpaired) electrons. The van der Waals surface area contributed by atoms with Crippen LogP contribution < -0.4 is 10.6 Å². The first-order valence-electron chi connectivity index (χ1n) is 13.5. The molecule has 0 saturated carbocycles. The standard InChI is InChI=1S/C24H56N2O4Si2/c1-7-27-31(28-8-2)23(5)17-21-25-19-15-13-11-12-14-16-20-26-22-18-24(6)32(29-9-3)30-10-4/h23-26,31-32H,7-22H2,1-6H3. The molecule has 0 rings (SSSR count). The van der Waals surface area contributed by atoms with Crippen LogP contribution in [0, 0.1) is 0 Å². The Morgan fingerprint density at radius 1 is 0.500 bits per heavy atom. The van der Waals surface area contributed by atoms with Crippen LogP contribution >= 0.6 is 0 Å². The SMILES string of the molecule is CCO[SiH](OCC)C(C)CCNCCCCCCCCNCCC(C)[SiH](OCC)OCC. The molecule has 0 amide bonds. The van der Waals surface area contributed by atoms with E-state index in [2.05, 4.69) is 52.2 Å². The number of rotatable bonds is 25. The van der Waals surface area contributed by atoms with Gasteiger partial charge in [-0.05, 0) is 90.6 Å². The van der Waals surface area contributed by atoms with Crippen molar-refractivity contribution in [3.8, 4) is 0 Å². The van der Waals surface area contributed by atoms with Crippen LogP contribution in [0.5, 0.6) is 0 Å². The fourth-order valence-electron chi connectivity index (χ4n) is 3.80. The van der Waals surface area contributed by atoms with Crippen molar-refractivity contribution in [2.75, 3.05) is 52.6 Å². The first-order chi connectivity index (χ1) is 15.6. The highest BCUT2D eigenvalue weighted by Gasteiger charge is 2.21. The summed E-state index contributed by atoms with van der Waals surface area (Å²) in [5.74, 6) is 0. The Labute approximate surface area is 203 Å². The van der Waals surface area contributed by atoms with Crippen LogP contribution in [0.4, 0.5) is 0 Å². The monoisotopic (exact) mass is 492 g/mol. The van der Waals surface area contributed by atoms with Gasteiger partial charge in [-0.3, -0.25) is 0 Å². The van der Waals surface area contributed by atoms with Crippen molar-refractivity contribution in [2.45, 2.75) is 104 Å². The minimum Gasteiger partial charge on any atom is -0.397 e. The summed E-state index contributed by atoms with van der Waals surface area (Å²) in [5.41, 5.74) is 1.13. The van der Waals surface area contributed by atoms with Crippen molar-refractivity contribution in [2.24, 2.45) is 0 Å². The van der Waals surface area contributed by atoms with E-state index in [1.54, 1.807) is 0 Å². The molecule has 0 heterocycles. The lowest BCUT2D eigenvalue weighted by Crippen LogP contribution is -2.30. The molecule has 0 spiro atoms. The van der Waals surface area contributed by atoms with Gasteiger partial charge in [0, 0.05) is 26.4 Å². The molecule has 0 aliphatic carbocycles. The van der Waals surface area contributed by atoms with Gasteiger partial charge in [0.2, 0.25) is 0 Å². The fourth-order valence-corrected chi connectivity index (χ4v) is 7.50. The van der Waals surface area contributed by atoms with Crippen molar-refractivity contribution in [1.29, 1.82) is 0 Å². The Balaban J connectivity index is 3.45. The molecule has 2 unspecified atom stereocenters. The fraction of sp³-hybridized carbons (Fsp3) is 1.00. The summed E-state index contributed by atoms with van der Waals surface area (Å²) in [7, 11) is -2.98. The number of unbranched alkanes of at least 4 members (excludes halogenated alkanes) is 5. The molecule has 2 atom stereocenters. The van der Waals surface area contributed by atoms with E-state index in [-0.39, 0.29) is 0 Å². The summed E-state index contributed by atoms with van der Waals surface area (Å²) in [6.45, 7) is 20.3. The Bertz CT molecular complexity index is 338. The molecule has 194 valence electrons. The van der Waals surface area contributed by atoms with E-state index >= 15 is 0 Å². The Morgan fingerprint density at radius 2 is 0.812 bits per heavy atom. The molecule has 8 heteroatoms. The third-order valence-electron chi connectivity index (χ3n) is 5.76. The van der Waals surface area contributed by atoms with E-state index in [0.717, 1.165) is 65.4 Å². The summed E-state index contributed by atoms with van der Waals surface area (Å²) < 4.78 is 23.3. The van der Waals surface area contributed by atoms with Gasteiger partial charge in [-0.15, -0.1) is 0 Å². The highest BCUT2D eigenvalue weighted by molar-refractivity contribution is 6.46. The highest BCUT2D eigenvalue weighted by atomic mass is 28.3. The van der Waals surface area contributed by atoms with Crippen LogP contribution in [0.15, 0.2) is 0 Å². The molecular weight excluding hydrogens is 436 g/mol. The van der Waals surface area contributed by atoms with Crippen LogP contribution in [0.1, 0.15) is 92.9 Å². The molecule has 6 nitrogen and oxygen atoms in total. The van der Waals surface area contributed by atoms with Crippen LogP contribution in [0.25, 0.3) is 0 Å². The second-order valence-corrected chi connectivity index (χ2v) is 13.8. The lowest BCUT2D eigenvalue weighted by atomic mass is 10.1. The largest absolute Gasteiger partial charge is 0.397 e. The van der Waals surface area contributed by atoms with Gasteiger partial charge in [0.1, 0.15) is 0 Å². The van der Waals surface area contributed by atoms with E-state index in [0.29, 0.717) is 11.1 Å². The summed E-state index contributed by atoms with van der Waals surface area (Å²) in [5, 5.41) is 7.20. The number of hydrogen-bond acceptors (Lipinski definition) is 6. The zero-order valence-corrected chi connectivity index (χ0v) is 24.6. The molecular formula is C24H56N2O4Si2. The van der Waals surface area contributed by atoms with E-state index < -0.39 is 18.6 Å². The van der Waals surface area contributed by atoms with Crippen molar-refractivity contribution in [3.05, 3.63) is 0 Å². The van der Waals surface area contributed by atoms with Crippen LogP contribution in [0.3, 0.4) is 0 Å². The second kappa shape index (κ2) is 24.3. The maximum atomic E-state index is 5.82. The smallest absolute Gasteiger partial charge is 0.324 e. The summed E-state index contributed by atoms with van der Waals surface area (Å²) >= 11 is 0. The lowest BCUT2D eigenvalue weighted by molar-refractivity contribution is 0.203. The molecule has 0 aliphatic heterocycles. The minimum absolute atomic E-state index is 0.567. The van der Waals surface area contributed by atoms with Gasteiger partial charge >= 0.3 is 18.6 Å². The second-order valence-electron chi connectivity index (χ2n) is 8.71. The first kappa shape index (κ1) is 32.2. The van der Waals surface area contributed by atoms with E-state index in [9.17, 15) is 0 Å². The summed E-state index contributed by atoms with van der Waals surface area (Å²) in [4.78, 5) is 0. The molecule has 0 fully saturated rings. The van der Waals surface area contributed by atoms with Gasteiger partial charge in [0.15, 0.2) is 0 Å². The topological polar surface area (TPSA) is 61.0 Å². The average molecular weight is 493 g/mol. The summed E-state index contributed by atoms with van der Waals surface area (Å²) in [6.07, 6.45) is 10.3. The van der Waals surface area contributed by atoms with Crippen molar-refractivity contribution < 1.29 is 17.7 Å². The zero-order chi connectivity index (χ0) is 23.9. The van der Waals surface area contributed by atoms with Crippen LogP contribution in [-0.4, -0.2) is 71.2 Å². The third kappa shape index (κ3) is 18.6. The van der Waals surface area contributed by atoms with Gasteiger partial charge in [-0.2, -0.15) is 0 Å². The van der Waals surface area contributed by atoms with Crippen molar-refractivity contribution in [3.63, 3.8) is 0 Å². The third-order valence-corrected chi connectivity index (χ3v) is 10.9. The number of hydrogen-bond donors (Lipinski definition) is 2. The Hall–Kier alpha value is 0.194. The zero-order valence-electron chi connectivity index (χ0n) is 22.3. The molecule has 0 aliphatic rings. The van der Waals surface area contributed by atoms with Crippen molar-refractivity contribution >= 4 is 18.6 Å². The Morgan fingerprint density at radius 3 is 1.12 bits per heavy atom. The molecule has 0 aromatic rings.